The molecule has 9 nitrogen and oxygen atoms in total. The Labute approximate surface area is 203 Å². The number of nitrogens with two attached hydrogens (primary N) is 1. The second-order valence-corrected chi connectivity index (χ2v) is 11.0. The van der Waals surface area contributed by atoms with Crippen molar-refractivity contribution < 1.29 is 9.59 Å². The Morgan fingerprint density at radius 2 is 2.00 bits per heavy atom. The summed E-state index contributed by atoms with van der Waals surface area (Å²) >= 11 is 0. The first-order valence-electron chi connectivity index (χ1n) is 12.7. The molecule has 0 radical (unpaired) electrons. The Balaban J connectivity index is 1.30. The minimum atomic E-state index is -0.450. The first-order chi connectivity index (χ1) is 16.9. The molecule has 0 aliphatic heterocycles. The second-order valence-electron chi connectivity index (χ2n) is 11.0. The Bertz CT molecular complexity index is 1350. The molecule has 3 aliphatic carbocycles. The predicted molar refractivity (Wildman–Crippen MR) is 130 cm³/mol. The molecule has 6 rings (SSSR count). The molecule has 2 amide bonds. The third-order valence-electron chi connectivity index (χ3n) is 8.96. The number of rotatable bonds is 6. The number of nitrogens with zero attached hydrogens (tertiary/aromatic N) is 4. The normalized spacial score (nSPS) is 30.0. The molecule has 0 aromatic carbocycles. The fraction of sp³-hybridized carbons (Fsp3) is 0.577. The number of hydrogen-bond donors (Lipinski definition) is 3. The number of fused-ring (bicyclic) bond motifs is 5. The number of H-pyrrole nitrogens is 1. The Hall–Kier alpha value is -3.41. The zero-order valence-electron chi connectivity index (χ0n) is 19.8. The minimum absolute atomic E-state index is 0.0554. The van der Waals surface area contributed by atoms with E-state index in [1.165, 1.54) is 0 Å². The van der Waals surface area contributed by atoms with Crippen LogP contribution in [0.1, 0.15) is 76.1 Å². The van der Waals surface area contributed by atoms with Gasteiger partial charge in [0.15, 0.2) is 0 Å². The highest BCUT2D eigenvalue weighted by Crippen LogP contribution is 2.56. The number of pyridine rings is 1. The Morgan fingerprint density at radius 1 is 1.23 bits per heavy atom. The summed E-state index contributed by atoms with van der Waals surface area (Å²) < 4.78 is 2.27. The number of imidazole rings is 1. The molecule has 3 saturated carbocycles. The highest BCUT2D eigenvalue weighted by atomic mass is 16.2. The molecule has 0 spiro atoms. The van der Waals surface area contributed by atoms with E-state index >= 15 is 0 Å². The SMILES string of the molecule is N#CC[C@H]1CC[C@@H](n2c(CC(=O)NC34CCC(C(N)=O)(CC3)C4)nc3cnc4[nH]ccc4c32)CC1. The maximum atomic E-state index is 13.3. The van der Waals surface area contributed by atoms with Crippen molar-refractivity contribution in [1.29, 1.82) is 5.26 Å². The van der Waals surface area contributed by atoms with Gasteiger partial charge >= 0.3 is 0 Å². The molecule has 3 heterocycles. The topological polar surface area (TPSA) is 142 Å². The number of amides is 2. The molecule has 35 heavy (non-hydrogen) atoms. The van der Waals surface area contributed by atoms with Gasteiger partial charge in [-0.25, -0.2) is 9.97 Å². The summed E-state index contributed by atoms with van der Waals surface area (Å²) in [7, 11) is 0. The second kappa shape index (κ2) is 8.08. The van der Waals surface area contributed by atoms with E-state index in [0.717, 1.165) is 79.3 Å². The highest BCUT2D eigenvalue weighted by molar-refractivity contribution is 6.01. The van der Waals surface area contributed by atoms with Crippen LogP contribution in [0.4, 0.5) is 0 Å². The van der Waals surface area contributed by atoms with E-state index < -0.39 is 5.41 Å². The van der Waals surface area contributed by atoms with Crippen LogP contribution in [0.25, 0.3) is 22.1 Å². The average Bonchev–Trinajstić information content (AvgIpc) is 3.60. The molecule has 0 saturated heterocycles. The lowest BCUT2D eigenvalue weighted by molar-refractivity contribution is -0.127. The Morgan fingerprint density at radius 3 is 2.69 bits per heavy atom. The van der Waals surface area contributed by atoms with Crippen LogP contribution >= 0.6 is 0 Å². The van der Waals surface area contributed by atoms with Crippen LogP contribution in [-0.2, 0) is 16.0 Å². The van der Waals surface area contributed by atoms with Gasteiger partial charge in [0, 0.05) is 29.6 Å². The summed E-state index contributed by atoms with van der Waals surface area (Å²) in [5, 5.41) is 13.4. The van der Waals surface area contributed by atoms with E-state index in [0.29, 0.717) is 18.8 Å². The lowest BCUT2D eigenvalue weighted by Gasteiger charge is -2.30. The van der Waals surface area contributed by atoms with Crippen LogP contribution in [0.3, 0.4) is 0 Å². The van der Waals surface area contributed by atoms with Crippen molar-refractivity contribution in [3.05, 3.63) is 24.3 Å². The molecule has 182 valence electrons. The summed E-state index contributed by atoms with van der Waals surface area (Å²) in [6.07, 6.45) is 12.1. The largest absolute Gasteiger partial charge is 0.369 e. The number of nitriles is 1. The number of hydrogen-bond acceptors (Lipinski definition) is 5. The zero-order valence-corrected chi connectivity index (χ0v) is 19.8. The van der Waals surface area contributed by atoms with E-state index in [-0.39, 0.29) is 29.8 Å². The summed E-state index contributed by atoms with van der Waals surface area (Å²) in [6, 6.07) is 4.57. The summed E-state index contributed by atoms with van der Waals surface area (Å²) in [5.41, 5.74) is 7.56. The number of aromatic nitrogens is 4. The van der Waals surface area contributed by atoms with Gasteiger partial charge in [-0.2, -0.15) is 5.26 Å². The van der Waals surface area contributed by atoms with Crippen molar-refractivity contribution >= 4 is 33.9 Å². The number of carbonyl (C=O) groups excluding carboxylic acids is 2. The third-order valence-corrected chi connectivity index (χ3v) is 8.96. The van der Waals surface area contributed by atoms with E-state index in [1.807, 2.05) is 12.3 Å². The van der Waals surface area contributed by atoms with Crippen molar-refractivity contribution in [2.75, 3.05) is 0 Å². The number of nitrogens with one attached hydrogen (secondary N) is 2. The van der Waals surface area contributed by atoms with E-state index in [1.54, 1.807) is 6.20 Å². The van der Waals surface area contributed by atoms with E-state index in [9.17, 15) is 9.59 Å². The van der Waals surface area contributed by atoms with E-state index in [4.69, 9.17) is 16.0 Å². The first-order valence-corrected chi connectivity index (χ1v) is 12.7. The smallest absolute Gasteiger partial charge is 0.228 e. The molecular formula is C26H31N7O2. The zero-order chi connectivity index (χ0) is 24.2. The van der Waals surface area contributed by atoms with Crippen LogP contribution in [0.15, 0.2) is 18.5 Å². The van der Waals surface area contributed by atoms with Crippen LogP contribution < -0.4 is 11.1 Å². The lowest BCUT2D eigenvalue weighted by atomic mass is 9.83. The number of aromatic amines is 1. The lowest BCUT2D eigenvalue weighted by Crippen LogP contribution is -2.46. The number of carbonyl (C=O) groups is 2. The van der Waals surface area contributed by atoms with Crippen LogP contribution in [-0.4, -0.2) is 36.9 Å². The standard InChI is InChI=1S/C26H31N7O2/c27-11-5-16-1-3-17(4-2-16)33-20(31-19-14-30-23-18(22(19)33)6-12-29-23)13-21(34)32-26-9-7-25(15-26,8-10-26)24(28)35/h6,12,14,16-17H,1-5,7-10,13,15H2,(H2,28,35)(H,29,30)(H,32,34)/t16-,17+,25?,26?. The molecule has 4 N–H and O–H groups in total. The first kappa shape index (κ1) is 22.1. The van der Waals surface area contributed by atoms with Gasteiger partial charge in [-0.3, -0.25) is 9.59 Å². The molecule has 9 heteroatoms. The maximum Gasteiger partial charge on any atom is 0.228 e. The summed E-state index contributed by atoms with van der Waals surface area (Å²) in [5.74, 6) is 0.912. The van der Waals surface area contributed by atoms with Crippen molar-refractivity contribution in [2.24, 2.45) is 17.1 Å². The van der Waals surface area contributed by atoms with Gasteiger partial charge in [-0.15, -0.1) is 0 Å². The fourth-order valence-electron chi connectivity index (χ4n) is 7.09. The summed E-state index contributed by atoms with van der Waals surface area (Å²) in [6.45, 7) is 0. The quantitative estimate of drug-likeness (QED) is 0.503. The van der Waals surface area contributed by atoms with Crippen LogP contribution in [0.5, 0.6) is 0 Å². The molecule has 3 aromatic heterocycles. The average molecular weight is 474 g/mol. The summed E-state index contributed by atoms with van der Waals surface area (Å²) in [4.78, 5) is 38.0. The molecule has 2 bridgehead atoms. The minimum Gasteiger partial charge on any atom is -0.369 e. The van der Waals surface area contributed by atoms with Crippen molar-refractivity contribution in [1.82, 2.24) is 24.8 Å². The molecular weight excluding hydrogens is 442 g/mol. The molecule has 0 atom stereocenters. The molecule has 3 fully saturated rings. The van der Waals surface area contributed by atoms with Gasteiger partial charge in [-0.05, 0) is 69.8 Å². The fourth-order valence-corrected chi connectivity index (χ4v) is 7.09. The predicted octanol–water partition coefficient (Wildman–Crippen LogP) is 3.40. The molecule has 0 unspecified atom stereocenters. The Kier molecular flexibility index (Phi) is 5.09. The highest BCUT2D eigenvalue weighted by Gasteiger charge is 2.57. The maximum absolute atomic E-state index is 13.3. The van der Waals surface area contributed by atoms with Gasteiger partial charge < -0.3 is 20.6 Å². The van der Waals surface area contributed by atoms with Gasteiger partial charge in [0.1, 0.15) is 17.0 Å². The van der Waals surface area contributed by atoms with Crippen molar-refractivity contribution in [2.45, 2.75) is 82.2 Å². The third kappa shape index (κ3) is 3.58. The van der Waals surface area contributed by atoms with Gasteiger partial charge in [0.2, 0.25) is 11.8 Å². The van der Waals surface area contributed by atoms with Gasteiger partial charge in [0.25, 0.3) is 0 Å². The van der Waals surface area contributed by atoms with Crippen LogP contribution in [0.2, 0.25) is 0 Å². The monoisotopic (exact) mass is 473 g/mol. The molecule has 3 aromatic rings. The van der Waals surface area contributed by atoms with Gasteiger partial charge in [-0.1, -0.05) is 0 Å². The number of primary amides is 1. The van der Waals surface area contributed by atoms with E-state index in [2.05, 4.69) is 25.9 Å². The van der Waals surface area contributed by atoms with Crippen LogP contribution in [0, 0.1) is 22.7 Å². The van der Waals surface area contributed by atoms with Crippen molar-refractivity contribution in [3.63, 3.8) is 0 Å². The molecule has 3 aliphatic rings. The van der Waals surface area contributed by atoms with Gasteiger partial charge in [0.05, 0.1) is 29.6 Å². The van der Waals surface area contributed by atoms with Crippen molar-refractivity contribution in [3.8, 4) is 6.07 Å².